The molecule has 0 saturated carbocycles. The molecule has 3 N–H and O–H groups in total. The zero-order chi connectivity index (χ0) is 20.1. The number of urea groups is 1. The van der Waals surface area contributed by atoms with Crippen molar-refractivity contribution in [3.8, 4) is 5.75 Å². The number of anilines is 1. The summed E-state index contributed by atoms with van der Waals surface area (Å²) in [4.78, 5) is 29.2. The van der Waals surface area contributed by atoms with E-state index in [1.165, 1.54) is 4.90 Å². The SMILES string of the molecule is COc1ccc2cc(CN(CCO)C(=O)Nc3ccc(Cl)cc3)c(=O)[nH]c2c1. The molecular formula is C20H20ClN3O4. The number of nitrogens with zero attached hydrogens (tertiary/aromatic N) is 1. The number of carbonyl (C=O) groups excluding carboxylic acids is 1. The van der Waals surface area contributed by atoms with Crippen LogP contribution in [0.15, 0.2) is 53.3 Å². The maximum atomic E-state index is 12.6. The van der Waals surface area contributed by atoms with E-state index < -0.39 is 6.03 Å². The van der Waals surface area contributed by atoms with Gasteiger partial charge in [0.2, 0.25) is 0 Å². The molecule has 1 heterocycles. The van der Waals surface area contributed by atoms with Crippen LogP contribution in [0.5, 0.6) is 5.75 Å². The number of hydrogen-bond donors (Lipinski definition) is 3. The summed E-state index contributed by atoms with van der Waals surface area (Å²) in [5, 5.41) is 13.4. The lowest BCUT2D eigenvalue weighted by Gasteiger charge is -2.22. The van der Waals surface area contributed by atoms with Gasteiger partial charge in [-0.2, -0.15) is 0 Å². The van der Waals surface area contributed by atoms with Gasteiger partial charge in [0.05, 0.1) is 25.8 Å². The fourth-order valence-electron chi connectivity index (χ4n) is 2.78. The van der Waals surface area contributed by atoms with Crippen LogP contribution in [-0.2, 0) is 6.54 Å². The molecule has 2 aromatic carbocycles. The summed E-state index contributed by atoms with van der Waals surface area (Å²) < 4.78 is 5.17. The first-order chi connectivity index (χ1) is 13.5. The Morgan fingerprint density at radius 2 is 1.96 bits per heavy atom. The van der Waals surface area contributed by atoms with Gasteiger partial charge in [-0.3, -0.25) is 4.79 Å². The van der Waals surface area contributed by atoms with Crippen molar-refractivity contribution in [3.63, 3.8) is 0 Å². The largest absolute Gasteiger partial charge is 0.497 e. The molecule has 0 unspecified atom stereocenters. The standard InChI is InChI=1S/C20H20ClN3O4/c1-28-17-7-2-13-10-14(19(26)23-18(13)11-17)12-24(8-9-25)20(27)22-16-5-3-15(21)4-6-16/h2-7,10-11,25H,8-9,12H2,1H3,(H,22,27)(H,23,26). The Morgan fingerprint density at radius 3 is 2.64 bits per heavy atom. The summed E-state index contributed by atoms with van der Waals surface area (Å²) in [6, 6.07) is 13.3. The lowest BCUT2D eigenvalue weighted by Crippen LogP contribution is -2.38. The minimum absolute atomic E-state index is 0.0529. The Morgan fingerprint density at radius 1 is 1.21 bits per heavy atom. The third kappa shape index (κ3) is 4.62. The summed E-state index contributed by atoms with van der Waals surface area (Å²) in [5.41, 5.74) is 1.32. The van der Waals surface area contributed by atoms with Crippen LogP contribution in [0.4, 0.5) is 10.5 Å². The zero-order valence-electron chi connectivity index (χ0n) is 15.2. The minimum atomic E-state index is -0.425. The second kappa shape index (κ2) is 8.77. The smallest absolute Gasteiger partial charge is 0.322 e. The van der Waals surface area contributed by atoms with Gasteiger partial charge in [0.15, 0.2) is 0 Å². The average molecular weight is 402 g/mol. The first-order valence-corrected chi connectivity index (χ1v) is 9.00. The zero-order valence-corrected chi connectivity index (χ0v) is 16.0. The summed E-state index contributed by atoms with van der Waals surface area (Å²) in [6.07, 6.45) is 0. The summed E-state index contributed by atoms with van der Waals surface area (Å²) in [6.45, 7) is -0.0898. The molecular weight excluding hydrogens is 382 g/mol. The lowest BCUT2D eigenvalue weighted by atomic mass is 10.1. The quantitative estimate of drug-likeness (QED) is 0.591. The number of rotatable bonds is 6. The van der Waals surface area contributed by atoms with E-state index in [0.717, 1.165) is 5.39 Å². The van der Waals surface area contributed by atoms with Gasteiger partial charge < -0.3 is 25.0 Å². The first kappa shape index (κ1) is 19.7. The molecule has 7 nitrogen and oxygen atoms in total. The van der Waals surface area contributed by atoms with Gasteiger partial charge in [0, 0.05) is 28.9 Å². The van der Waals surface area contributed by atoms with Crippen LogP contribution in [0.3, 0.4) is 0 Å². The van der Waals surface area contributed by atoms with Crippen molar-refractivity contribution < 1.29 is 14.6 Å². The Hall–Kier alpha value is -3.03. The molecule has 0 saturated heterocycles. The molecule has 3 aromatic rings. The van der Waals surface area contributed by atoms with E-state index in [0.29, 0.717) is 27.5 Å². The molecule has 8 heteroatoms. The molecule has 0 spiro atoms. The number of ether oxygens (including phenoxy) is 1. The van der Waals surface area contributed by atoms with Crippen LogP contribution in [-0.4, -0.2) is 41.3 Å². The highest BCUT2D eigenvalue weighted by Crippen LogP contribution is 2.19. The van der Waals surface area contributed by atoms with Crippen LogP contribution in [0.1, 0.15) is 5.56 Å². The molecule has 3 rings (SSSR count). The number of halogens is 1. The second-order valence-corrected chi connectivity index (χ2v) is 6.60. The molecule has 1 aromatic heterocycles. The molecule has 0 aliphatic heterocycles. The van der Waals surface area contributed by atoms with Crippen LogP contribution in [0.25, 0.3) is 10.9 Å². The highest BCUT2D eigenvalue weighted by atomic mass is 35.5. The van der Waals surface area contributed by atoms with Gasteiger partial charge in [-0.25, -0.2) is 4.79 Å². The van der Waals surface area contributed by atoms with Gasteiger partial charge in [0.1, 0.15) is 5.75 Å². The number of aromatic amines is 1. The molecule has 28 heavy (non-hydrogen) atoms. The van der Waals surface area contributed by atoms with Crippen molar-refractivity contribution in [2.45, 2.75) is 6.54 Å². The maximum absolute atomic E-state index is 12.6. The number of amides is 2. The molecule has 146 valence electrons. The molecule has 0 atom stereocenters. The van der Waals surface area contributed by atoms with Crippen LogP contribution < -0.4 is 15.6 Å². The highest BCUT2D eigenvalue weighted by Gasteiger charge is 2.16. The number of fused-ring (bicyclic) bond motifs is 1. The monoisotopic (exact) mass is 401 g/mol. The van der Waals surface area contributed by atoms with E-state index in [-0.39, 0.29) is 25.3 Å². The summed E-state index contributed by atoms with van der Waals surface area (Å²) >= 11 is 5.85. The van der Waals surface area contributed by atoms with Crippen molar-refractivity contribution in [1.82, 2.24) is 9.88 Å². The van der Waals surface area contributed by atoms with Gasteiger partial charge in [-0.1, -0.05) is 11.6 Å². The number of aliphatic hydroxyl groups is 1. The number of carbonyl (C=O) groups is 1. The number of aliphatic hydroxyl groups excluding tert-OH is 1. The molecule has 0 aliphatic rings. The second-order valence-electron chi connectivity index (χ2n) is 6.16. The molecule has 0 bridgehead atoms. The molecule has 0 radical (unpaired) electrons. The lowest BCUT2D eigenvalue weighted by molar-refractivity contribution is 0.185. The third-order valence-corrected chi connectivity index (χ3v) is 4.50. The average Bonchev–Trinajstić information content (AvgIpc) is 2.69. The van der Waals surface area contributed by atoms with E-state index >= 15 is 0 Å². The van der Waals surface area contributed by atoms with Gasteiger partial charge >= 0.3 is 6.03 Å². The fraction of sp³-hybridized carbons (Fsp3) is 0.200. The number of H-pyrrole nitrogens is 1. The Bertz CT molecular complexity index is 1030. The molecule has 0 fully saturated rings. The Balaban J connectivity index is 1.83. The van der Waals surface area contributed by atoms with E-state index in [4.69, 9.17) is 16.3 Å². The van der Waals surface area contributed by atoms with Gasteiger partial charge in [-0.05, 0) is 47.9 Å². The fourth-order valence-corrected chi connectivity index (χ4v) is 2.91. The van der Waals surface area contributed by atoms with Gasteiger partial charge in [-0.15, -0.1) is 0 Å². The maximum Gasteiger partial charge on any atom is 0.322 e. The van der Waals surface area contributed by atoms with Gasteiger partial charge in [0.25, 0.3) is 5.56 Å². The van der Waals surface area contributed by atoms with E-state index in [1.807, 2.05) is 6.07 Å². The van der Waals surface area contributed by atoms with Crippen molar-refractivity contribution >= 4 is 34.2 Å². The topological polar surface area (TPSA) is 94.7 Å². The Kier molecular flexibility index (Phi) is 6.18. The molecule has 0 aliphatic carbocycles. The van der Waals surface area contributed by atoms with E-state index in [1.54, 1.807) is 49.6 Å². The highest BCUT2D eigenvalue weighted by molar-refractivity contribution is 6.30. The van der Waals surface area contributed by atoms with Crippen LogP contribution in [0, 0.1) is 0 Å². The van der Waals surface area contributed by atoms with E-state index in [9.17, 15) is 14.7 Å². The normalized spacial score (nSPS) is 10.7. The summed E-state index contributed by atoms with van der Waals surface area (Å²) in [5.74, 6) is 0.639. The number of benzene rings is 2. The minimum Gasteiger partial charge on any atom is -0.497 e. The number of nitrogens with one attached hydrogen (secondary N) is 2. The number of methoxy groups -OCH3 is 1. The Labute approximate surface area is 166 Å². The predicted molar refractivity (Wildman–Crippen MR) is 109 cm³/mol. The van der Waals surface area contributed by atoms with Crippen LogP contribution in [0.2, 0.25) is 5.02 Å². The third-order valence-electron chi connectivity index (χ3n) is 4.24. The predicted octanol–water partition coefficient (Wildman–Crippen LogP) is 3.22. The number of hydrogen-bond acceptors (Lipinski definition) is 4. The van der Waals surface area contributed by atoms with E-state index in [2.05, 4.69) is 10.3 Å². The van der Waals surface area contributed by atoms with Crippen molar-refractivity contribution in [3.05, 3.63) is 69.5 Å². The molecule has 2 amide bonds. The number of pyridine rings is 1. The summed E-state index contributed by atoms with van der Waals surface area (Å²) in [7, 11) is 1.56. The van der Waals surface area contributed by atoms with Crippen molar-refractivity contribution in [2.24, 2.45) is 0 Å². The van der Waals surface area contributed by atoms with Crippen molar-refractivity contribution in [2.75, 3.05) is 25.6 Å². The van der Waals surface area contributed by atoms with Crippen LogP contribution >= 0.6 is 11.6 Å². The van der Waals surface area contributed by atoms with Crippen molar-refractivity contribution in [1.29, 1.82) is 0 Å². The number of aromatic nitrogens is 1. The first-order valence-electron chi connectivity index (χ1n) is 8.62.